The molecule has 0 bridgehead atoms. The van der Waals surface area contributed by atoms with E-state index in [-0.39, 0.29) is 0 Å². The summed E-state index contributed by atoms with van der Waals surface area (Å²) in [5.74, 6) is 4.63. The topological polar surface area (TPSA) is 65.0 Å². The van der Waals surface area contributed by atoms with Crippen LogP contribution in [0.25, 0.3) is 0 Å². The highest BCUT2D eigenvalue weighted by Gasteiger charge is 2.54. The van der Waals surface area contributed by atoms with Gasteiger partial charge in [0, 0.05) is 23.5 Å². The third kappa shape index (κ3) is 3.56. The molecule has 1 saturated heterocycles. The van der Waals surface area contributed by atoms with Crippen LogP contribution < -0.4 is 0 Å². The van der Waals surface area contributed by atoms with Crippen LogP contribution in [0.1, 0.15) is 41.0 Å². The summed E-state index contributed by atoms with van der Waals surface area (Å²) < 4.78 is 16.4. The number of ether oxygens (including phenoxy) is 3. The first-order valence-electron chi connectivity index (χ1n) is 8.23. The third-order valence-corrected chi connectivity index (χ3v) is 4.51. The molecule has 0 radical (unpaired) electrons. The average Bonchev–Trinajstić information content (AvgIpc) is 2.90. The zero-order chi connectivity index (χ0) is 18.0. The Morgan fingerprint density at radius 1 is 1.42 bits per heavy atom. The Hall–Kier alpha value is -1.61. The monoisotopic (exact) mass is 334 g/mol. The molecule has 1 aliphatic carbocycles. The Balaban J connectivity index is 2.32. The lowest BCUT2D eigenvalue weighted by molar-refractivity contribution is -0.169. The first kappa shape index (κ1) is 18.7. The second-order valence-corrected chi connectivity index (χ2v) is 6.94. The molecule has 1 heterocycles. The van der Waals surface area contributed by atoms with Gasteiger partial charge >= 0.3 is 5.97 Å². The van der Waals surface area contributed by atoms with E-state index in [0.29, 0.717) is 37.4 Å². The first-order valence-corrected chi connectivity index (χ1v) is 8.23. The van der Waals surface area contributed by atoms with Gasteiger partial charge in [0.2, 0.25) is 0 Å². The highest BCUT2D eigenvalue weighted by Crippen LogP contribution is 2.49. The predicted octanol–water partition coefficient (Wildman–Crippen LogP) is 2.35. The summed E-state index contributed by atoms with van der Waals surface area (Å²) in [7, 11) is 0. The average molecular weight is 334 g/mol. The maximum absolute atomic E-state index is 11.5. The van der Waals surface area contributed by atoms with E-state index < -0.39 is 22.8 Å². The molecule has 0 amide bonds. The van der Waals surface area contributed by atoms with Gasteiger partial charge in [-0.3, -0.25) is 0 Å². The molecule has 1 N–H and O–H groups in total. The summed E-state index contributed by atoms with van der Waals surface area (Å²) in [6.45, 7) is 10.6. The number of esters is 1. The minimum absolute atomic E-state index is 0.316. The predicted molar refractivity (Wildman–Crippen MR) is 89.9 cm³/mol. The van der Waals surface area contributed by atoms with Gasteiger partial charge in [-0.05, 0) is 32.4 Å². The number of aliphatic hydroxyl groups is 1. The molecule has 1 fully saturated rings. The van der Waals surface area contributed by atoms with Gasteiger partial charge < -0.3 is 19.3 Å². The molecule has 1 unspecified atom stereocenters. The van der Waals surface area contributed by atoms with Crippen LogP contribution >= 0.6 is 0 Å². The van der Waals surface area contributed by atoms with Crippen LogP contribution in [0.5, 0.6) is 0 Å². The number of carbonyl (C=O) groups excluding carboxylic acids is 1. The lowest BCUT2D eigenvalue weighted by atomic mass is 9.63. The van der Waals surface area contributed by atoms with Gasteiger partial charge in [-0.1, -0.05) is 25.7 Å². The van der Waals surface area contributed by atoms with Crippen molar-refractivity contribution in [3.8, 4) is 11.8 Å². The Labute approximate surface area is 143 Å². The summed E-state index contributed by atoms with van der Waals surface area (Å²) in [4.78, 5) is 11.5. The molecule has 5 heteroatoms. The summed E-state index contributed by atoms with van der Waals surface area (Å²) in [6, 6.07) is 0. The number of carbonyl (C=O) groups is 1. The Morgan fingerprint density at radius 3 is 2.58 bits per heavy atom. The van der Waals surface area contributed by atoms with Crippen LogP contribution in [0.2, 0.25) is 0 Å². The van der Waals surface area contributed by atoms with E-state index in [2.05, 4.69) is 11.8 Å². The highest BCUT2D eigenvalue weighted by molar-refractivity contribution is 5.83. The van der Waals surface area contributed by atoms with Crippen LogP contribution in [0, 0.1) is 17.3 Å². The number of allylic oxidation sites excluding steroid dienone is 1. The van der Waals surface area contributed by atoms with Gasteiger partial charge in [0.25, 0.3) is 0 Å². The van der Waals surface area contributed by atoms with Crippen molar-refractivity contribution >= 4 is 5.97 Å². The maximum atomic E-state index is 11.5. The fraction of sp³-hybridized carbons (Fsp3) is 0.632. The van der Waals surface area contributed by atoms with Crippen LogP contribution in [-0.2, 0) is 19.0 Å². The van der Waals surface area contributed by atoms with Crippen molar-refractivity contribution < 1.29 is 24.1 Å². The molecule has 1 spiro atoms. The van der Waals surface area contributed by atoms with Crippen LogP contribution in [-0.4, -0.2) is 42.3 Å². The highest BCUT2D eigenvalue weighted by atomic mass is 16.7. The first-order chi connectivity index (χ1) is 11.1. The molecule has 5 nitrogen and oxygen atoms in total. The normalized spacial score (nSPS) is 28.1. The molecule has 0 aromatic rings. The standard InChI is InChI=1S/C19H26O5/c1-6-22-16(20)11-14(2)7-8-19(21)15(3)12-18(13-17(19,4)5)23-9-10-24-18/h11-12,21H,6,9-10,13H2,1-5H3/b14-11-. The van der Waals surface area contributed by atoms with E-state index >= 15 is 0 Å². The molecule has 0 aromatic heterocycles. The number of rotatable bonds is 2. The van der Waals surface area contributed by atoms with E-state index in [0.717, 1.165) is 0 Å². The van der Waals surface area contributed by atoms with E-state index in [1.165, 1.54) is 6.08 Å². The molecule has 0 saturated carbocycles. The van der Waals surface area contributed by atoms with Crippen LogP contribution in [0.4, 0.5) is 0 Å². The molecule has 132 valence electrons. The molecule has 1 aliphatic heterocycles. The Bertz CT molecular complexity index is 626. The van der Waals surface area contributed by atoms with Gasteiger partial charge in [-0.25, -0.2) is 4.79 Å². The molecular formula is C19H26O5. The largest absolute Gasteiger partial charge is 0.463 e. The quantitative estimate of drug-likeness (QED) is 0.363. The van der Waals surface area contributed by atoms with Gasteiger partial charge in [0.15, 0.2) is 11.4 Å². The lowest BCUT2D eigenvalue weighted by Gasteiger charge is -2.48. The van der Waals surface area contributed by atoms with Gasteiger partial charge in [0.05, 0.1) is 19.8 Å². The number of hydrogen-bond donors (Lipinski definition) is 1. The maximum Gasteiger partial charge on any atom is 0.331 e. The molecule has 0 aromatic carbocycles. The van der Waals surface area contributed by atoms with E-state index in [1.54, 1.807) is 13.8 Å². The van der Waals surface area contributed by atoms with Gasteiger partial charge in [-0.2, -0.15) is 0 Å². The second-order valence-electron chi connectivity index (χ2n) is 6.94. The van der Waals surface area contributed by atoms with Crippen molar-refractivity contribution in [2.75, 3.05) is 19.8 Å². The third-order valence-electron chi connectivity index (χ3n) is 4.51. The van der Waals surface area contributed by atoms with E-state index in [4.69, 9.17) is 14.2 Å². The van der Waals surface area contributed by atoms with Gasteiger partial charge in [0.1, 0.15) is 0 Å². The lowest BCUT2D eigenvalue weighted by Crippen LogP contribution is -2.53. The molecular weight excluding hydrogens is 308 g/mol. The van der Waals surface area contributed by atoms with Crippen molar-refractivity contribution in [2.24, 2.45) is 5.41 Å². The fourth-order valence-electron chi connectivity index (χ4n) is 3.27. The van der Waals surface area contributed by atoms with Crippen molar-refractivity contribution in [3.63, 3.8) is 0 Å². The van der Waals surface area contributed by atoms with Crippen molar-refractivity contribution in [3.05, 3.63) is 23.3 Å². The van der Waals surface area contributed by atoms with E-state index in [9.17, 15) is 9.90 Å². The smallest absolute Gasteiger partial charge is 0.331 e. The molecule has 2 aliphatic rings. The van der Waals surface area contributed by atoms with Crippen molar-refractivity contribution in [1.82, 2.24) is 0 Å². The minimum atomic E-state index is -1.32. The molecule has 24 heavy (non-hydrogen) atoms. The van der Waals surface area contributed by atoms with Crippen molar-refractivity contribution in [2.45, 2.75) is 52.4 Å². The van der Waals surface area contributed by atoms with E-state index in [1.807, 2.05) is 26.8 Å². The van der Waals surface area contributed by atoms with Crippen molar-refractivity contribution in [1.29, 1.82) is 0 Å². The Kier molecular flexibility index (Phi) is 5.24. The SMILES string of the molecule is CCOC(=O)/C=C(/C)C#CC1(O)C(C)=CC2(CC1(C)C)OCCO2. The van der Waals surface area contributed by atoms with Gasteiger partial charge in [-0.15, -0.1) is 0 Å². The van der Waals surface area contributed by atoms with Crippen LogP contribution in [0.15, 0.2) is 23.3 Å². The molecule has 2 rings (SSSR count). The summed E-state index contributed by atoms with van der Waals surface area (Å²) in [5.41, 5.74) is -0.666. The zero-order valence-electron chi connectivity index (χ0n) is 15.1. The summed E-state index contributed by atoms with van der Waals surface area (Å²) >= 11 is 0. The summed E-state index contributed by atoms with van der Waals surface area (Å²) in [6.07, 6.45) is 3.66. The number of hydrogen-bond acceptors (Lipinski definition) is 5. The second kappa shape index (κ2) is 6.72. The fourth-order valence-corrected chi connectivity index (χ4v) is 3.27. The molecule has 1 atom stereocenters. The zero-order valence-corrected chi connectivity index (χ0v) is 15.1. The Morgan fingerprint density at radius 2 is 2.04 bits per heavy atom. The van der Waals surface area contributed by atoms with Crippen LogP contribution in [0.3, 0.4) is 0 Å². The minimum Gasteiger partial charge on any atom is -0.463 e. The summed E-state index contributed by atoms with van der Waals surface area (Å²) in [5, 5.41) is 11.2.